The largest absolute Gasteiger partial charge is 0.382 e. The third kappa shape index (κ3) is 2.80. The van der Waals surface area contributed by atoms with Crippen molar-refractivity contribution in [3.8, 4) is 0 Å². The second-order valence-corrected chi connectivity index (χ2v) is 7.87. The third-order valence-corrected chi connectivity index (χ3v) is 6.10. The average molecular weight is 309 g/mol. The minimum atomic E-state index is -3.66. The van der Waals surface area contributed by atoms with Crippen molar-refractivity contribution in [1.29, 1.82) is 0 Å². The van der Waals surface area contributed by atoms with Gasteiger partial charge in [0.25, 0.3) is 0 Å². The Morgan fingerprint density at radius 2 is 1.86 bits per heavy atom. The number of anilines is 1. The highest BCUT2D eigenvalue weighted by atomic mass is 32.2. The molecule has 2 saturated heterocycles. The molecule has 3 rings (SSSR count). The maximum atomic E-state index is 11.6. The third-order valence-electron chi connectivity index (χ3n) is 5.05. The van der Waals surface area contributed by atoms with Crippen LogP contribution in [-0.2, 0) is 10.0 Å². The zero-order valence-corrected chi connectivity index (χ0v) is 13.4. The van der Waals surface area contributed by atoms with Crippen molar-refractivity contribution in [3.05, 3.63) is 23.8 Å². The molecule has 2 unspecified atom stereocenters. The molecule has 116 valence electrons. The lowest BCUT2D eigenvalue weighted by Gasteiger charge is -2.37. The number of hydrogen-bond donors (Lipinski definition) is 2. The lowest BCUT2D eigenvalue weighted by atomic mass is 9.97. The van der Waals surface area contributed by atoms with Gasteiger partial charge < -0.3 is 10.2 Å². The van der Waals surface area contributed by atoms with Crippen LogP contribution in [0.2, 0.25) is 0 Å². The number of sulfonamides is 1. The predicted molar refractivity (Wildman–Crippen MR) is 83.8 cm³/mol. The lowest BCUT2D eigenvalue weighted by Crippen LogP contribution is -2.44. The van der Waals surface area contributed by atoms with E-state index < -0.39 is 10.0 Å². The first-order chi connectivity index (χ1) is 9.86. The Kier molecular flexibility index (Phi) is 3.71. The molecule has 6 heteroatoms. The smallest absolute Gasteiger partial charge is 0.238 e. The zero-order chi connectivity index (χ0) is 15.2. The summed E-state index contributed by atoms with van der Waals surface area (Å²) >= 11 is 0. The van der Waals surface area contributed by atoms with Crippen LogP contribution in [0.5, 0.6) is 0 Å². The molecule has 2 atom stereocenters. The number of fused-ring (bicyclic) bond motifs is 2. The molecule has 3 N–H and O–H groups in total. The lowest BCUT2D eigenvalue weighted by molar-refractivity contribution is 0.169. The molecule has 0 aliphatic carbocycles. The van der Waals surface area contributed by atoms with E-state index in [1.165, 1.54) is 12.8 Å². The van der Waals surface area contributed by atoms with Gasteiger partial charge in [-0.25, -0.2) is 13.6 Å². The van der Waals surface area contributed by atoms with E-state index in [0.717, 1.165) is 18.5 Å². The highest BCUT2D eigenvalue weighted by Gasteiger charge is 2.38. The fourth-order valence-electron chi connectivity index (χ4n) is 3.83. The first kappa shape index (κ1) is 14.8. The molecule has 0 spiro atoms. The summed E-state index contributed by atoms with van der Waals surface area (Å²) in [5.41, 5.74) is 1.60. The molecule has 2 aliphatic heterocycles. The molecule has 5 nitrogen and oxygen atoms in total. The summed E-state index contributed by atoms with van der Waals surface area (Å²) in [6.45, 7) is 1.81. The Morgan fingerprint density at radius 1 is 1.24 bits per heavy atom. The van der Waals surface area contributed by atoms with Crippen LogP contribution in [0.1, 0.15) is 31.2 Å². The van der Waals surface area contributed by atoms with Crippen molar-refractivity contribution in [2.24, 2.45) is 5.14 Å². The molecule has 0 radical (unpaired) electrons. The second-order valence-electron chi connectivity index (χ2n) is 6.34. The highest BCUT2D eigenvalue weighted by molar-refractivity contribution is 7.89. The van der Waals surface area contributed by atoms with Crippen LogP contribution >= 0.6 is 0 Å². The van der Waals surface area contributed by atoms with E-state index in [9.17, 15) is 8.42 Å². The molecule has 0 saturated carbocycles. The van der Waals surface area contributed by atoms with Gasteiger partial charge in [0, 0.05) is 23.8 Å². The van der Waals surface area contributed by atoms with Gasteiger partial charge in [-0.3, -0.25) is 0 Å². The Morgan fingerprint density at radius 3 is 2.43 bits per heavy atom. The first-order valence-electron chi connectivity index (χ1n) is 7.47. The number of nitrogens with zero attached hydrogens (tertiary/aromatic N) is 1. The number of primary sulfonamides is 1. The number of piperidine rings is 1. The number of rotatable bonds is 3. The molecular formula is C15H23N3O2S. The Bertz CT molecular complexity index is 630. The maximum Gasteiger partial charge on any atom is 0.238 e. The molecular weight excluding hydrogens is 286 g/mol. The molecule has 1 aromatic carbocycles. The predicted octanol–water partition coefficient (Wildman–Crippen LogP) is 1.68. The second kappa shape index (κ2) is 5.26. The minimum Gasteiger partial charge on any atom is -0.382 e. The molecule has 2 heterocycles. The Balaban J connectivity index is 1.80. The summed E-state index contributed by atoms with van der Waals surface area (Å²) in [6.07, 6.45) is 4.78. The molecule has 0 aromatic heterocycles. The van der Waals surface area contributed by atoms with Gasteiger partial charge in [-0.05, 0) is 57.4 Å². The van der Waals surface area contributed by atoms with Gasteiger partial charge >= 0.3 is 0 Å². The van der Waals surface area contributed by atoms with E-state index >= 15 is 0 Å². The standard InChI is InChI=1S/C15H23N3O2S/c1-10-14(4-3-5-15(10)21(16,19)20)17-11-8-12-6-7-13(9-11)18(12)2/h3-5,11-13,17H,6-9H2,1-2H3,(H2,16,19,20). The topological polar surface area (TPSA) is 75.4 Å². The van der Waals surface area contributed by atoms with E-state index in [4.69, 9.17) is 5.14 Å². The van der Waals surface area contributed by atoms with Gasteiger partial charge in [0.05, 0.1) is 4.90 Å². The van der Waals surface area contributed by atoms with E-state index in [0.29, 0.717) is 23.7 Å². The summed E-state index contributed by atoms with van der Waals surface area (Å²) in [4.78, 5) is 2.70. The summed E-state index contributed by atoms with van der Waals surface area (Å²) < 4.78 is 23.2. The maximum absolute atomic E-state index is 11.6. The molecule has 1 aromatic rings. The molecule has 2 bridgehead atoms. The molecule has 2 aliphatic rings. The van der Waals surface area contributed by atoms with Gasteiger partial charge in [-0.15, -0.1) is 0 Å². The van der Waals surface area contributed by atoms with Gasteiger partial charge in [0.2, 0.25) is 10.0 Å². The average Bonchev–Trinajstić information content (AvgIpc) is 2.62. The fraction of sp³-hybridized carbons (Fsp3) is 0.600. The van der Waals surface area contributed by atoms with Crippen molar-refractivity contribution in [2.75, 3.05) is 12.4 Å². The van der Waals surface area contributed by atoms with Crippen molar-refractivity contribution in [2.45, 2.75) is 55.6 Å². The quantitative estimate of drug-likeness (QED) is 0.891. The van der Waals surface area contributed by atoms with Crippen LogP contribution in [0.25, 0.3) is 0 Å². The summed E-state index contributed by atoms with van der Waals surface area (Å²) in [5.74, 6) is 0. The summed E-state index contributed by atoms with van der Waals surface area (Å²) in [5, 5.41) is 8.81. The highest BCUT2D eigenvalue weighted by Crippen LogP contribution is 2.36. The first-order valence-corrected chi connectivity index (χ1v) is 9.02. The summed E-state index contributed by atoms with van der Waals surface area (Å²) in [7, 11) is -1.45. The van der Waals surface area contributed by atoms with E-state index in [1.54, 1.807) is 12.1 Å². The number of benzene rings is 1. The van der Waals surface area contributed by atoms with Crippen LogP contribution in [0.4, 0.5) is 5.69 Å². The Labute approximate surface area is 126 Å². The molecule has 0 amide bonds. The van der Waals surface area contributed by atoms with Gasteiger partial charge in [-0.1, -0.05) is 6.07 Å². The Hall–Kier alpha value is -1.11. The van der Waals surface area contributed by atoms with Crippen molar-refractivity contribution in [1.82, 2.24) is 4.90 Å². The van der Waals surface area contributed by atoms with Crippen molar-refractivity contribution < 1.29 is 8.42 Å². The fourth-order valence-corrected chi connectivity index (χ4v) is 4.63. The van der Waals surface area contributed by atoms with E-state index in [1.807, 2.05) is 13.0 Å². The van der Waals surface area contributed by atoms with Crippen molar-refractivity contribution in [3.63, 3.8) is 0 Å². The van der Waals surface area contributed by atoms with Crippen LogP contribution in [0.15, 0.2) is 23.1 Å². The van der Waals surface area contributed by atoms with E-state index in [-0.39, 0.29) is 4.90 Å². The van der Waals surface area contributed by atoms with Crippen LogP contribution in [-0.4, -0.2) is 38.5 Å². The van der Waals surface area contributed by atoms with Crippen molar-refractivity contribution >= 4 is 15.7 Å². The zero-order valence-electron chi connectivity index (χ0n) is 12.5. The molecule has 21 heavy (non-hydrogen) atoms. The van der Waals surface area contributed by atoms with Crippen LogP contribution in [0.3, 0.4) is 0 Å². The summed E-state index contributed by atoms with van der Waals surface area (Å²) in [6, 6.07) is 6.97. The number of nitrogens with two attached hydrogens (primary N) is 1. The SMILES string of the molecule is Cc1c(NC2CC3CCC(C2)N3C)cccc1S(N)(=O)=O. The minimum absolute atomic E-state index is 0.211. The molecule has 2 fully saturated rings. The van der Waals surface area contributed by atoms with E-state index in [2.05, 4.69) is 17.3 Å². The normalized spacial score (nSPS) is 29.6. The van der Waals surface area contributed by atoms with Crippen LogP contribution < -0.4 is 10.5 Å². The number of hydrogen-bond acceptors (Lipinski definition) is 4. The van der Waals surface area contributed by atoms with Gasteiger partial charge in [-0.2, -0.15) is 0 Å². The van der Waals surface area contributed by atoms with Gasteiger partial charge in [0.1, 0.15) is 0 Å². The van der Waals surface area contributed by atoms with Crippen LogP contribution in [0, 0.1) is 6.92 Å². The monoisotopic (exact) mass is 309 g/mol. The number of nitrogens with one attached hydrogen (secondary N) is 1. The van der Waals surface area contributed by atoms with Gasteiger partial charge in [0.15, 0.2) is 0 Å².